The number of aromatic nitrogens is 1. The van der Waals surface area contributed by atoms with Gasteiger partial charge in [-0.1, -0.05) is 6.07 Å². The molecule has 2 fully saturated rings. The van der Waals surface area contributed by atoms with Crippen LogP contribution in [-0.4, -0.2) is 40.3 Å². The SMILES string of the molecule is C[C@@H]1CCCN1C(=O)c1cc2nccc(Oc3ccc(CC(=O)CC4CC4)cc3F)c2s1.O=C=O. The number of likely N-dealkylation sites (tertiary alicyclic amines) is 1. The number of hydrogen-bond donors (Lipinski definition) is 0. The van der Waals surface area contributed by atoms with Gasteiger partial charge in [-0.3, -0.25) is 14.6 Å². The summed E-state index contributed by atoms with van der Waals surface area (Å²) in [4.78, 5) is 48.1. The van der Waals surface area contributed by atoms with E-state index in [1.165, 1.54) is 17.4 Å². The maximum absolute atomic E-state index is 14.7. The largest absolute Gasteiger partial charge is 0.453 e. The Morgan fingerprint density at radius 1 is 1.17 bits per heavy atom. The number of amides is 1. The minimum absolute atomic E-state index is 0.00958. The molecule has 0 unspecified atom stereocenters. The van der Waals surface area contributed by atoms with E-state index in [4.69, 9.17) is 14.3 Å². The molecular formula is C26H25FN2O5S. The number of carbonyl (C=O) groups is 2. The van der Waals surface area contributed by atoms with Crippen molar-refractivity contribution in [1.29, 1.82) is 0 Å². The Hall–Kier alpha value is -3.42. The predicted octanol–water partition coefficient (Wildman–Crippen LogP) is 5.18. The molecule has 1 atom stereocenters. The molecule has 0 bridgehead atoms. The van der Waals surface area contributed by atoms with Crippen LogP contribution in [0.25, 0.3) is 10.2 Å². The lowest BCUT2D eigenvalue weighted by atomic mass is 10.0. The van der Waals surface area contributed by atoms with Crippen molar-refractivity contribution < 1.29 is 28.3 Å². The molecule has 35 heavy (non-hydrogen) atoms. The average molecular weight is 497 g/mol. The zero-order chi connectivity index (χ0) is 24.9. The number of nitrogens with zero attached hydrogens (tertiary/aromatic N) is 2. The summed E-state index contributed by atoms with van der Waals surface area (Å²) in [6.07, 6.45) is 6.97. The van der Waals surface area contributed by atoms with Crippen molar-refractivity contribution in [3.63, 3.8) is 0 Å². The number of carbonyl (C=O) groups excluding carboxylic acids is 4. The van der Waals surface area contributed by atoms with Crippen molar-refractivity contribution in [2.75, 3.05) is 6.54 Å². The van der Waals surface area contributed by atoms with E-state index < -0.39 is 5.82 Å². The van der Waals surface area contributed by atoms with Crippen LogP contribution in [0.4, 0.5) is 4.39 Å². The fourth-order valence-electron chi connectivity index (χ4n) is 4.28. The number of Topliss-reactive ketones (excluding diaryl/α,β-unsaturated/α-hetero) is 1. The van der Waals surface area contributed by atoms with Crippen molar-refractivity contribution in [3.05, 3.63) is 52.8 Å². The van der Waals surface area contributed by atoms with E-state index in [0.29, 0.717) is 38.7 Å². The van der Waals surface area contributed by atoms with Crippen molar-refractivity contribution in [1.82, 2.24) is 9.88 Å². The molecule has 1 aromatic carbocycles. The number of ether oxygens (including phenoxy) is 1. The van der Waals surface area contributed by atoms with E-state index in [2.05, 4.69) is 11.9 Å². The highest BCUT2D eigenvalue weighted by Gasteiger charge is 2.28. The van der Waals surface area contributed by atoms with Crippen molar-refractivity contribution in [3.8, 4) is 11.5 Å². The summed E-state index contributed by atoms with van der Waals surface area (Å²) in [7, 11) is 0. The number of pyridine rings is 1. The van der Waals surface area contributed by atoms with E-state index >= 15 is 0 Å². The number of hydrogen-bond acceptors (Lipinski definition) is 7. The third kappa shape index (κ3) is 5.99. The van der Waals surface area contributed by atoms with Gasteiger partial charge in [-0.15, -0.1) is 11.3 Å². The van der Waals surface area contributed by atoms with Gasteiger partial charge in [0.1, 0.15) is 11.5 Å². The molecule has 5 rings (SSSR count). The van der Waals surface area contributed by atoms with E-state index in [0.717, 1.165) is 32.2 Å². The third-order valence-electron chi connectivity index (χ3n) is 6.23. The number of thiophene rings is 1. The van der Waals surface area contributed by atoms with Gasteiger partial charge in [0.15, 0.2) is 11.6 Å². The minimum Gasteiger partial charge on any atom is -0.453 e. The van der Waals surface area contributed by atoms with Crippen LogP contribution in [0.15, 0.2) is 36.5 Å². The second-order valence-electron chi connectivity index (χ2n) is 8.94. The molecule has 1 aliphatic carbocycles. The summed E-state index contributed by atoms with van der Waals surface area (Å²) in [5, 5.41) is 0. The lowest BCUT2D eigenvalue weighted by Gasteiger charge is -2.20. The summed E-state index contributed by atoms with van der Waals surface area (Å²) < 4.78 is 21.3. The average Bonchev–Trinajstić information content (AvgIpc) is 3.34. The van der Waals surface area contributed by atoms with Crippen LogP contribution in [-0.2, 0) is 20.8 Å². The minimum atomic E-state index is -0.509. The Balaban J connectivity index is 0.000000917. The summed E-state index contributed by atoms with van der Waals surface area (Å²) in [5.41, 5.74) is 1.31. The smallest absolute Gasteiger partial charge is 0.373 e. The van der Waals surface area contributed by atoms with E-state index in [-0.39, 0.29) is 36.1 Å². The standard InChI is InChI=1S/C25H25FN2O3S.CO2/c1-15-3-2-10-28(15)25(30)23-14-20-24(32-23)22(8-9-27-20)31-21-7-6-17(13-19(21)26)12-18(29)11-16-4-5-16;2-1-3/h6-9,13-16H,2-5,10-12H2,1H3;/t15-;/m1./s1. The van der Waals surface area contributed by atoms with Gasteiger partial charge >= 0.3 is 6.15 Å². The van der Waals surface area contributed by atoms with E-state index in [1.54, 1.807) is 30.5 Å². The molecular weight excluding hydrogens is 471 g/mol. The lowest BCUT2D eigenvalue weighted by molar-refractivity contribution is -0.191. The number of halogens is 1. The molecule has 0 spiro atoms. The van der Waals surface area contributed by atoms with Crippen LogP contribution in [0.1, 0.15) is 54.3 Å². The second kappa shape index (κ2) is 10.9. The molecule has 9 heteroatoms. The predicted molar refractivity (Wildman–Crippen MR) is 127 cm³/mol. The van der Waals surface area contributed by atoms with Crippen LogP contribution in [0.3, 0.4) is 0 Å². The molecule has 1 saturated heterocycles. The van der Waals surface area contributed by atoms with Crippen LogP contribution >= 0.6 is 11.3 Å². The first kappa shape index (κ1) is 24.7. The van der Waals surface area contributed by atoms with Gasteiger partial charge in [0.2, 0.25) is 0 Å². The Morgan fingerprint density at radius 2 is 1.94 bits per heavy atom. The zero-order valence-electron chi connectivity index (χ0n) is 19.3. The van der Waals surface area contributed by atoms with Gasteiger partial charge in [-0.05, 0) is 62.3 Å². The fraction of sp³-hybridized carbons (Fsp3) is 0.385. The molecule has 1 aliphatic heterocycles. The maximum Gasteiger partial charge on any atom is 0.373 e. The first-order chi connectivity index (χ1) is 16.9. The first-order valence-electron chi connectivity index (χ1n) is 11.6. The molecule has 1 amide bonds. The molecule has 0 N–H and O–H groups in total. The topological polar surface area (TPSA) is 93.6 Å². The van der Waals surface area contributed by atoms with Crippen LogP contribution in [0.5, 0.6) is 11.5 Å². The Morgan fingerprint density at radius 3 is 2.60 bits per heavy atom. The Labute approximate surface area is 205 Å². The zero-order valence-corrected chi connectivity index (χ0v) is 20.1. The first-order valence-corrected chi connectivity index (χ1v) is 12.4. The quantitative estimate of drug-likeness (QED) is 0.447. The van der Waals surface area contributed by atoms with Gasteiger partial charge in [0.05, 0.1) is 15.1 Å². The molecule has 2 aromatic heterocycles. The van der Waals surface area contributed by atoms with Crippen LogP contribution < -0.4 is 4.74 Å². The van der Waals surface area contributed by atoms with Gasteiger partial charge in [0.25, 0.3) is 5.91 Å². The van der Waals surface area contributed by atoms with E-state index in [9.17, 15) is 14.0 Å². The third-order valence-corrected chi connectivity index (χ3v) is 7.36. The molecule has 3 heterocycles. The molecule has 0 radical (unpaired) electrons. The van der Waals surface area contributed by atoms with E-state index in [1.807, 2.05) is 4.90 Å². The summed E-state index contributed by atoms with van der Waals surface area (Å²) in [5.74, 6) is 0.732. The number of fused-ring (bicyclic) bond motifs is 1. The highest BCUT2D eigenvalue weighted by atomic mass is 32.1. The van der Waals surface area contributed by atoms with Crippen molar-refractivity contribution in [2.24, 2.45) is 5.92 Å². The highest BCUT2D eigenvalue weighted by Crippen LogP contribution is 2.37. The summed E-state index contributed by atoms with van der Waals surface area (Å²) >= 11 is 1.32. The molecule has 2 aliphatic rings. The number of benzene rings is 1. The molecule has 7 nitrogen and oxygen atoms in total. The second-order valence-corrected chi connectivity index (χ2v) is 9.99. The van der Waals surface area contributed by atoms with Gasteiger partial charge in [0, 0.05) is 37.7 Å². The van der Waals surface area contributed by atoms with Crippen LogP contribution in [0.2, 0.25) is 0 Å². The maximum atomic E-state index is 14.7. The monoisotopic (exact) mass is 496 g/mol. The lowest BCUT2D eigenvalue weighted by Crippen LogP contribution is -2.32. The Kier molecular flexibility index (Phi) is 7.68. The van der Waals surface area contributed by atoms with Crippen molar-refractivity contribution >= 4 is 39.4 Å². The van der Waals surface area contributed by atoms with Crippen molar-refractivity contribution in [2.45, 2.75) is 51.5 Å². The summed E-state index contributed by atoms with van der Waals surface area (Å²) in [6.45, 7) is 2.84. The highest BCUT2D eigenvalue weighted by molar-refractivity contribution is 7.21. The van der Waals surface area contributed by atoms with Gasteiger partial charge in [-0.25, -0.2) is 4.39 Å². The fourth-order valence-corrected chi connectivity index (χ4v) is 5.30. The van der Waals surface area contributed by atoms with Crippen LogP contribution in [0, 0.1) is 11.7 Å². The van der Waals surface area contributed by atoms with Gasteiger partial charge < -0.3 is 9.64 Å². The molecule has 182 valence electrons. The molecule has 1 saturated carbocycles. The number of ketones is 1. The molecule has 3 aromatic rings. The summed E-state index contributed by atoms with van der Waals surface area (Å²) in [6, 6.07) is 8.37. The normalized spacial score (nSPS) is 17.0. The number of rotatable bonds is 7. The Bertz CT molecular complexity index is 1280. The van der Waals surface area contributed by atoms with Gasteiger partial charge in [-0.2, -0.15) is 9.59 Å².